The molecule has 4 aliphatic carbocycles. The van der Waals surface area contributed by atoms with Gasteiger partial charge in [-0.25, -0.2) is 0 Å². The smallest absolute Gasteiger partial charge is 0.302 e. The second-order valence-corrected chi connectivity index (χ2v) is 13.3. The van der Waals surface area contributed by atoms with Crippen LogP contribution in [0.3, 0.4) is 0 Å². The van der Waals surface area contributed by atoms with Crippen LogP contribution in [0.25, 0.3) is 0 Å². The molecular formula is C31H50O3. The third-order valence-corrected chi connectivity index (χ3v) is 11.5. The van der Waals surface area contributed by atoms with Crippen molar-refractivity contribution in [3.8, 4) is 0 Å². The number of hydrogen-bond donors (Lipinski definition) is 1. The van der Waals surface area contributed by atoms with Crippen LogP contribution in [0.4, 0.5) is 0 Å². The Morgan fingerprint density at radius 2 is 1.85 bits per heavy atom. The van der Waals surface area contributed by atoms with Gasteiger partial charge < -0.3 is 9.84 Å². The van der Waals surface area contributed by atoms with E-state index in [2.05, 4.69) is 47.3 Å². The van der Waals surface area contributed by atoms with Crippen molar-refractivity contribution in [3.05, 3.63) is 24.3 Å². The fourth-order valence-corrected chi connectivity index (χ4v) is 9.08. The van der Waals surface area contributed by atoms with Gasteiger partial charge in [-0.3, -0.25) is 4.79 Å². The molecule has 0 aromatic carbocycles. The molecule has 34 heavy (non-hydrogen) atoms. The van der Waals surface area contributed by atoms with Crippen molar-refractivity contribution in [1.82, 2.24) is 0 Å². The molecule has 3 nitrogen and oxygen atoms in total. The summed E-state index contributed by atoms with van der Waals surface area (Å²) in [4.78, 5) is 11.5. The van der Waals surface area contributed by atoms with E-state index in [-0.39, 0.29) is 18.0 Å². The number of esters is 1. The zero-order chi connectivity index (χ0) is 24.9. The van der Waals surface area contributed by atoms with Crippen molar-refractivity contribution < 1.29 is 14.6 Å². The van der Waals surface area contributed by atoms with Crippen LogP contribution in [0.15, 0.2) is 24.3 Å². The number of allylic oxidation sites excluding steroid dienone is 2. The lowest BCUT2D eigenvalue weighted by Gasteiger charge is -2.58. The molecule has 0 heterocycles. The quantitative estimate of drug-likeness (QED) is 0.310. The summed E-state index contributed by atoms with van der Waals surface area (Å²) in [5.74, 6) is 3.54. The maximum atomic E-state index is 11.5. The summed E-state index contributed by atoms with van der Waals surface area (Å²) in [7, 11) is 0. The molecule has 192 valence electrons. The van der Waals surface area contributed by atoms with E-state index in [1.807, 2.05) is 0 Å². The molecule has 4 aliphatic rings. The molecule has 0 bridgehead atoms. The van der Waals surface area contributed by atoms with E-state index in [1.165, 1.54) is 32.1 Å². The van der Waals surface area contributed by atoms with Crippen molar-refractivity contribution in [2.75, 3.05) is 0 Å². The Hall–Kier alpha value is -1.09. The van der Waals surface area contributed by atoms with Crippen LogP contribution in [0.1, 0.15) is 106 Å². The number of rotatable bonds is 7. The van der Waals surface area contributed by atoms with Gasteiger partial charge in [0, 0.05) is 6.92 Å². The number of fused-ring (bicyclic) bond motifs is 5. The van der Waals surface area contributed by atoms with Gasteiger partial charge in [0.25, 0.3) is 0 Å². The first-order valence-corrected chi connectivity index (χ1v) is 14.2. The minimum Gasteiger partial charge on any atom is -0.463 e. The maximum absolute atomic E-state index is 11.5. The molecule has 1 N–H and O–H groups in total. The van der Waals surface area contributed by atoms with Gasteiger partial charge in [0.2, 0.25) is 0 Å². The zero-order valence-electron chi connectivity index (χ0n) is 22.7. The van der Waals surface area contributed by atoms with Crippen molar-refractivity contribution >= 4 is 5.97 Å². The predicted molar refractivity (Wildman–Crippen MR) is 139 cm³/mol. The summed E-state index contributed by atoms with van der Waals surface area (Å²) >= 11 is 0. The molecule has 0 aliphatic heterocycles. The zero-order valence-corrected chi connectivity index (χ0v) is 22.7. The highest BCUT2D eigenvalue weighted by Gasteiger charge is 2.58. The van der Waals surface area contributed by atoms with E-state index < -0.39 is 5.60 Å². The second kappa shape index (κ2) is 9.41. The Morgan fingerprint density at radius 1 is 1.18 bits per heavy atom. The SMILES string of the molecule is C=C[C@@](O)(CC[C@@H](C)[C@H]1CC[C@H]2C3=CC[C@H]4C[C@@H](OC(C)=O)CC[C@]4(C)[C@H]3CC[C@]12C)C(C)C. The van der Waals surface area contributed by atoms with Gasteiger partial charge in [0.1, 0.15) is 6.10 Å². The molecule has 0 aromatic heterocycles. The fourth-order valence-electron chi connectivity index (χ4n) is 9.08. The Morgan fingerprint density at radius 3 is 2.50 bits per heavy atom. The highest BCUT2D eigenvalue weighted by Crippen LogP contribution is 2.67. The average molecular weight is 471 g/mol. The molecular weight excluding hydrogens is 420 g/mol. The summed E-state index contributed by atoms with van der Waals surface area (Å²) < 4.78 is 5.63. The Labute approximate surface area is 208 Å². The molecule has 0 spiro atoms. The van der Waals surface area contributed by atoms with Gasteiger partial charge in [-0.2, -0.15) is 0 Å². The van der Waals surface area contributed by atoms with Crippen molar-refractivity contribution in [1.29, 1.82) is 0 Å². The van der Waals surface area contributed by atoms with Crippen molar-refractivity contribution in [3.63, 3.8) is 0 Å². The summed E-state index contributed by atoms with van der Waals surface area (Å²) in [6.45, 7) is 17.3. The van der Waals surface area contributed by atoms with E-state index >= 15 is 0 Å². The van der Waals surface area contributed by atoms with Crippen molar-refractivity contribution in [2.24, 2.45) is 46.3 Å². The Bertz CT molecular complexity index is 813. The fraction of sp³-hybridized carbons (Fsp3) is 0.839. The number of hydrogen-bond acceptors (Lipinski definition) is 3. The first-order chi connectivity index (χ1) is 15.9. The Balaban J connectivity index is 1.47. The van der Waals surface area contributed by atoms with Gasteiger partial charge >= 0.3 is 5.97 Å². The molecule has 3 heteroatoms. The topological polar surface area (TPSA) is 46.5 Å². The molecule has 9 atom stereocenters. The summed E-state index contributed by atoms with van der Waals surface area (Å²) in [6, 6.07) is 0. The minimum absolute atomic E-state index is 0.121. The highest BCUT2D eigenvalue weighted by molar-refractivity contribution is 5.66. The van der Waals surface area contributed by atoms with Crippen LogP contribution in [0.2, 0.25) is 0 Å². The molecule has 0 saturated heterocycles. The van der Waals surface area contributed by atoms with Gasteiger partial charge in [-0.05, 0) is 111 Å². The van der Waals surface area contributed by atoms with Crippen LogP contribution < -0.4 is 0 Å². The van der Waals surface area contributed by atoms with Crippen LogP contribution in [0, 0.1) is 46.3 Å². The largest absolute Gasteiger partial charge is 0.463 e. The van der Waals surface area contributed by atoms with Crippen LogP contribution in [0.5, 0.6) is 0 Å². The Kier molecular flexibility index (Phi) is 7.19. The van der Waals surface area contributed by atoms with Crippen LogP contribution in [-0.4, -0.2) is 22.8 Å². The van der Waals surface area contributed by atoms with Gasteiger partial charge in [0.15, 0.2) is 0 Å². The van der Waals surface area contributed by atoms with Crippen LogP contribution >= 0.6 is 0 Å². The highest BCUT2D eigenvalue weighted by atomic mass is 16.5. The molecule has 0 amide bonds. The third-order valence-electron chi connectivity index (χ3n) is 11.5. The molecule has 0 aromatic rings. The summed E-state index contributed by atoms with van der Waals surface area (Å²) in [5, 5.41) is 11.0. The number of ether oxygens (including phenoxy) is 1. The lowest BCUT2D eigenvalue weighted by molar-refractivity contribution is -0.152. The predicted octanol–water partition coefficient (Wildman–Crippen LogP) is 7.49. The molecule has 3 saturated carbocycles. The molecule has 3 fully saturated rings. The average Bonchev–Trinajstić information content (AvgIpc) is 3.14. The van der Waals surface area contributed by atoms with Crippen molar-refractivity contribution in [2.45, 2.75) is 117 Å². The van der Waals surface area contributed by atoms with Gasteiger partial charge in [-0.1, -0.05) is 52.3 Å². The monoisotopic (exact) mass is 470 g/mol. The number of aliphatic hydroxyl groups is 1. The summed E-state index contributed by atoms with van der Waals surface area (Å²) in [5.41, 5.74) is 1.80. The number of carbonyl (C=O) groups is 1. The first kappa shape index (κ1) is 26.0. The summed E-state index contributed by atoms with van der Waals surface area (Å²) in [6.07, 6.45) is 16.2. The lowest BCUT2D eigenvalue weighted by Crippen LogP contribution is -2.50. The maximum Gasteiger partial charge on any atom is 0.302 e. The standard InChI is InChI=1S/C31H50O3/c1-8-31(33,20(2)3)18-13-21(4)26-11-12-27-25-10-9-23-19-24(34-22(5)32)14-16-29(23,6)28(25)15-17-30(26,27)7/h8,10,20-21,23-24,26-28,33H,1,9,11-19H2,2-7H3/t21-,23+,24+,26-,27+,28+,29+,30-,31-/m1/s1. The van der Waals surface area contributed by atoms with E-state index in [4.69, 9.17) is 4.74 Å². The van der Waals surface area contributed by atoms with E-state index in [0.29, 0.717) is 28.6 Å². The molecule has 0 unspecified atom stereocenters. The normalized spacial score (nSPS) is 42.0. The van der Waals surface area contributed by atoms with Gasteiger partial charge in [0.05, 0.1) is 5.60 Å². The lowest BCUT2D eigenvalue weighted by atomic mass is 9.47. The van der Waals surface area contributed by atoms with E-state index in [1.54, 1.807) is 18.6 Å². The van der Waals surface area contributed by atoms with E-state index in [0.717, 1.165) is 43.9 Å². The third kappa shape index (κ3) is 4.33. The first-order valence-electron chi connectivity index (χ1n) is 14.2. The number of carbonyl (C=O) groups excluding carboxylic acids is 1. The van der Waals surface area contributed by atoms with Crippen LogP contribution in [-0.2, 0) is 9.53 Å². The molecule has 0 radical (unpaired) electrons. The minimum atomic E-state index is -0.745. The second-order valence-electron chi connectivity index (χ2n) is 13.3. The molecule has 4 rings (SSSR count). The van der Waals surface area contributed by atoms with Gasteiger partial charge in [-0.15, -0.1) is 6.58 Å². The van der Waals surface area contributed by atoms with E-state index in [9.17, 15) is 9.90 Å².